The summed E-state index contributed by atoms with van der Waals surface area (Å²) in [5, 5.41) is 13.9. The molecule has 5 heteroatoms. The van der Waals surface area contributed by atoms with Crippen LogP contribution < -0.4 is 5.32 Å². The minimum atomic E-state index is -0.603. The van der Waals surface area contributed by atoms with E-state index in [1.54, 1.807) is 6.92 Å². The van der Waals surface area contributed by atoms with Crippen molar-refractivity contribution in [2.45, 2.75) is 90.5 Å². The molecule has 0 bridgehead atoms. The molecule has 0 radical (unpaired) electrons. The summed E-state index contributed by atoms with van der Waals surface area (Å²) < 4.78 is 0. The number of benzene rings is 1. The van der Waals surface area contributed by atoms with Gasteiger partial charge in [0, 0.05) is 30.4 Å². The Labute approximate surface area is 164 Å². The molecule has 1 rings (SSSR count). The maximum absolute atomic E-state index is 12.3. The monoisotopic (exact) mass is 376 g/mol. The van der Waals surface area contributed by atoms with Crippen LogP contribution in [0.1, 0.15) is 84.5 Å². The number of rotatable bonds is 15. The van der Waals surface area contributed by atoms with E-state index in [9.17, 15) is 14.9 Å². The fourth-order valence-corrected chi connectivity index (χ4v) is 3.43. The van der Waals surface area contributed by atoms with Crippen LogP contribution in [-0.4, -0.2) is 16.9 Å². The molecule has 0 aliphatic heterocycles. The summed E-state index contributed by atoms with van der Waals surface area (Å²) in [7, 11) is 0. The van der Waals surface area contributed by atoms with Gasteiger partial charge in [0.05, 0.1) is 0 Å². The zero-order chi connectivity index (χ0) is 19.9. The van der Waals surface area contributed by atoms with Crippen molar-refractivity contribution in [3.63, 3.8) is 0 Å². The highest BCUT2D eigenvalue weighted by atomic mass is 16.6. The summed E-state index contributed by atoms with van der Waals surface area (Å²) in [5.74, 6) is 0.00974. The predicted molar refractivity (Wildman–Crippen MR) is 111 cm³/mol. The molecule has 0 aromatic heterocycles. The number of carbonyl (C=O) groups is 1. The van der Waals surface area contributed by atoms with E-state index in [0.29, 0.717) is 12.8 Å². The normalized spacial score (nSPS) is 13.1. The van der Waals surface area contributed by atoms with Gasteiger partial charge < -0.3 is 5.32 Å². The molecule has 1 aromatic carbocycles. The molecule has 1 amide bonds. The maximum Gasteiger partial charge on any atom is 0.224 e. The van der Waals surface area contributed by atoms with E-state index in [2.05, 4.69) is 12.2 Å². The quantitative estimate of drug-likeness (QED) is 0.224. The molecule has 0 fully saturated rings. The number of nitrogens with one attached hydrogen (secondary N) is 1. The molecule has 0 heterocycles. The first-order chi connectivity index (χ1) is 13.0. The van der Waals surface area contributed by atoms with Gasteiger partial charge in [0.15, 0.2) is 0 Å². The summed E-state index contributed by atoms with van der Waals surface area (Å²) in [6, 6.07) is 8.76. The second-order valence-electron chi connectivity index (χ2n) is 7.62. The summed E-state index contributed by atoms with van der Waals surface area (Å²) in [5.41, 5.74) is 0.774. The molecule has 5 nitrogen and oxygen atoms in total. The predicted octanol–water partition coefficient (Wildman–Crippen LogP) is 6.22. The molecule has 0 saturated heterocycles. The number of anilines is 1. The highest BCUT2D eigenvalue weighted by molar-refractivity contribution is 5.90. The van der Waals surface area contributed by atoms with Crippen molar-refractivity contribution < 1.29 is 9.72 Å². The molecular formula is C22H36N2O3. The minimum absolute atomic E-state index is 0.0543. The summed E-state index contributed by atoms with van der Waals surface area (Å²) in [6.07, 6.45) is 11.6. The molecule has 0 spiro atoms. The summed E-state index contributed by atoms with van der Waals surface area (Å²) in [4.78, 5) is 23.1. The van der Waals surface area contributed by atoms with Crippen LogP contribution in [0.15, 0.2) is 30.3 Å². The Morgan fingerprint density at radius 1 is 1.04 bits per heavy atom. The maximum atomic E-state index is 12.3. The Balaban J connectivity index is 2.38. The standard InChI is InChI=1S/C22H36N2O3/c1-3-4-5-6-7-8-9-11-14-20(17-19(2)24(26)27)18-22(25)23-21-15-12-10-13-16-21/h10,12-13,15-16,19-20H,3-9,11,14,17-18H2,1-2H3,(H,23,25). The number of hydrogen-bond donors (Lipinski definition) is 1. The van der Waals surface area contributed by atoms with Gasteiger partial charge in [-0.2, -0.15) is 0 Å². The van der Waals surface area contributed by atoms with E-state index in [4.69, 9.17) is 0 Å². The van der Waals surface area contributed by atoms with Gasteiger partial charge in [-0.25, -0.2) is 0 Å². The van der Waals surface area contributed by atoms with Crippen molar-refractivity contribution in [1.29, 1.82) is 0 Å². The molecule has 27 heavy (non-hydrogen) atoms. The number of carbonyl (C=O) groups excluding carboxylic acids is 1. The molecule has 2 atom stereocenters. The lowest BCUT2D eigenvalue weighted by molar-refractivity contribution is -0.520. The van der Waals surface area contributed by atoms with Crippen LogP contribution in [0.5, 0.6) is 0 Å². The third-order valence-corrected chi connectivity index (χ3v) is 5.03. The summed E-state index contributed by atoms with van der Waals surface area (Å²) in [6.45, 7) is 3.86. The zero-order valence-electron chi connectivity index (χ0n) is 17.0. The van der Waals surface area contributed by atoms with Crippen molar-refractivity contribution in [1.82, 2.24) is 0 Å². The van der Waals surface area contributed by atoms with Crippen LogP contribution in [0, 0.1) is 16.0 Å². The molecule has 1 aromatic rings. The largest absolute Gasteiger partial charge is 0.326 e. The number of hydrogen-bond acceptors (Lipinski definition) is 3. The first-order valence-corrected chi connectivity index (χ1v) is 10.5. The van der Waals surface area contributed by atoms with Gasteiger partial charge in [-0.15, -0.1) is 0 Å². The number of unbranched alkanes of at least 4 members (excludes halogenated alkanes) is 7. The fraction of sp³-hybridized carbons (Fsp3) is 0.682. The third kappa shape index (κ3) is 11.4. The lowest BCUT2D eigenvalue weighted by Gasteiger charge is -2.17. The van der Waals surface area contributed by atoms with E-state index in [0.717, 1.165) is 24.9 Å². The van der Waals surface area contributed by atoms with Crippen molar-refractivity contribution in [2.75, 3.05) is 5.32 Å². The Morgan fingerprint density at radius 2 is 1.63 bits per heavy atom. The molecule has 2 unspecified atom stereocenters. The number of amides is 1. The van der Waals surface area contributed by atoms with Crippen LogP contribution in [0.25, 0.3) is 0 Å². The Kier molecular flexibility index (Phi) is 12.2. The molecule has 0 aliphatic rings. The minimum Gasteiger partial charge on any atom is -0.326 e. The van der Waals surface area contributed by atoms with Crippen LogP contribution in [0.4, 0.5) is 5.69 Å². The molecular weight excluding hydrogens is 340 g/mol. The van der Waals surface area contributed by atoms with E-state index in [1.165, 1.54) is 38.5 Å². The van der Waals surface area contributed by atoms with Gasteiger partial charge in [-0.3, -0.25) is 14.9 Å². The Morgan fingerprint density at radius 3 is 2.22 bits per heavy atom. The highest BCUT2D eigenvalue weighted by Gasteiger charge is 2.22. The van der Waals surface area contributed by atoms with Gasteiger partial charge >= 0.3 is 0 Å². The second kappa shape index (κ2) is 14.2. The smallest absolute Gasteiger partial charge is 0.224 e. The average Bonchev–Trinajstić information content (AvgIpc) is 2.64. The highest BCUT2D eigenvalue weighted by Crippen LogP contribution is 2.22. The van der Waals surface area contributed by atoms with Crippen molar-refractivity contribution in [3.8, 4) is 0 Å². The first-order valence-electron chi connectivity index (χ1n) is 10.5. The third-order valence-electron chi connectivity index (χ3n) is 5.03. The number of nitro groups is 1. The molecule has 0 aliphatic carbocycles. The average molecular weight is 377 g/mol. The van der Waals surface area contributed by atoms with Crippen LogP contribution >= 0.6 is 0 Å². The van der Waals surface area contributed by atoms with Crippen LogP contribution in [0.3, 0.4) is 0 Å². The van der Waals surface area contributed by atoms with Crippen molar-refractivity contribution in [2.24, 2.45) is 5.92 Å². The SMILES string of the molecule is CCCCCCCCCCC(CC(=O)Nc1ccccc1)CC(C)[N+](=O)[O-]. The Hall–Kier alpha value is -1.91. The zero-order valence-corrected chi connectivity index (χ0v) is 17.0. The van der Waals surface area contributed by atoms with Gasteiger partial charge in [0.1, 0.15) is 0 Å². The van der Waals surface area contributed by atoms with Crippen molar-refractivity contribution in [3.05, 3.63) is 40.4 Å². The van der Waals surface area contributed by atoms with Gasteiger partial charge in [-0.05, 0) is 24.5 Å². The topological polar surface area (TPSA) is 72.2 Å². The number of para-hydroxylation sites is 1. The molecule has 1 N–H and O–H groups in total. The van der Waals surface area contributed by atoms with Crippen molar-refractivity contribution >= 4 is 11.6 Å². The summed E-state index contributed by atoms with van der Waals surface area (Å²) >= 11 is 0. The van der Waals surface area contributed by atoms with Gasteiger partial charge in [-0.1, -0.05) is 76.5 Å². The van der Waals surface area contributed by atoms with E-state index < -0.39 is 6.04 Å². The molecule has 152 valence electrons. The van der Waals surface area contributed by atoms with Crippen LogP contribution in [0.2, 0.25) is 0 Å². The van der Waals surface area contributed by atoms with E-state index in [1.807, 2.05) is 30.3 Å². The first kappa shape index (κ1) is 23.1. The van der Waals surface area contributed by atoms with Crippen LogP contribution in [-0.2, 0) is 4.79 Å². The molecule has 0 saturated carbocycles. The lowest BCUT2D eigenvalue weighted by atomic mass is 9.91. The van der Waals surface area contributed by atoms with E-state index in [-0.39, 0.29) is 16.7 Å². The second-order valence-corrected chi connectivity index (χ2v) is 7.62. The fourth-order valence-electron chi connectivity index (χ4n) is 3.43. The number of nitrogens with zero attached hydrogens (tertiary/aromatic N) is 1. The van der Waals surface area contributed by atoms with E-state index >= 15 is 0 Å². The lowest BCUT2D eigenvalue weighted by Crippen LogP contribution is -2.23. The Bertz CT molecular complexity index is 534. The van der Waals surface area contributed by atoms with Gasteiger partial charge in [0.25, 0.3) is 0 Å². The van der Waals surface area contributed by atoms with Gasteiger partial charge in [0.2, 0.25) is 11.9 Å².